The summed E-state index contributed by atoms with van der Waals surface area (Å²) in [6.45, 7) is 11.3. The molecule has 0 unspecified atom stereocenters. The molecule has 0 amide bonds. The maximum atomic E-state index is 11.7. The minimum Gasteiger partial charge on any atom is -0.460 e. The van der Waals surface area contributed by atoms with Gasteiger partial charge in [-0.2, -0.15) is 0 Å². The average Bonchev–Trinajstić information content (AvgIpc) is 3.03. The van der Waals surface area contributed by atoms with Crippen LogP contribution in [0.3, 0.4) is 0 Å². The number of aryl methyl sites for hydroxylation is 2. The highest BCUT2D eigenvalue weighted by Gasteiger charge is 2.15. The van der Waals surface area contributed by atoms with Gasteiger partial charge >= 0.3 is 5.97 Å². The molecule has 29 heavy (non-hydrogen) atoms. The minimum absolute atomic E-state index is 0. The van der Waals surface area contributed by atoms with E-state index in [9.17, 15) is 4.79 Å². The summed E-state index contributed by atoms with van der Waals surface area (Å²) in [5.41, 5.74) is 1.74. The van der Waals surface area contributed by atoms with Crippen molar-refractivity contribution in [2.24, 2.45) is 4.99 Å². The summed E-state index contributed by atoms with van der Waals surface area (Å²) in [5, 5.41) is 10.8. The normalized spacial score (nSPS) is 11.7. The van der Waals surface area contributed by atoms with Crippen LogP contribution >= 0.6 is 24.0 Å². The Morgan fingerprint density at radius 2 is 1.79 bits per heavy atom. The van der Waals surface area contributed by atoms with Crippen molar-refractivity contribution in [1.82, 2.24) is 15.8 Å². The first kappa shape index (κ1) is 27.7. The second-order valence-electron chi connectivity index (χ2n) is 7.84. The number of halogens is 1. The lowest BCUT2D eigenvalue weighted by Gasteiger charge is -2.19. The molecule has 8 heteroatoms. The first-order chi connectivity index (χ1) is 13.3. The van der Waals surface area contributed by atoms with Crippen molar-refractivity contribution in [3.63, 3.8) is 0 Å². The molecule has 0 aliphatic carbocycles. The van der Waals surface area contributed by atoms with E-state index in [1.165, 1.54) is 0 Å². The predicted octanol–water partition coefficient (Wildman–Crippen LogP) is 4.37. The third-order valence-corrected chi connectivity index (χ3v) is 4.28. The van der Waals surface area contributed by atoms with Gasteiger partial charge in [-0.3, -0.25) is 9.79 Å². The van der Waals surface area contributed by atoms with Gasteiger partial charge < -0.3 is 19.9 Å². The Balaban J connectivity index is 0.00000784. The Morgan fingerprint density at radius 1 is 1.10 bits per heavy atom. The number of esters is 1. The van der Waals surface area contributed by atoms with Crippen molar-refractivity contribution in [2.75, 3.05) is 13.6 Å². The summed E-state index contributed by atoms with van der Waals surface area (Å²) in [6.07, 6.45) is 6.17. The molecule has 168 valence electrons. The Morgan fingerprint density at radius 3 is 2.38 bits per heavy atom. The monoisotopic (exact) mass is 522 g/mol. The molecule has 1 heterocycles. The molecule has 7 nitrogen and oxygen atoms in total. The van der Waals surface area contributed by atoms with Gasteiger partial charge in [0.05, 0.1) is 5.69 Å². The van der Waals surface area contributed by atoms with Crippen molar-refractivity contribution in [3.05, 3.63) is 17.0 Å². The molecule has 1 aromatic heterocycles. The zero-order valence-corrected chi connectivity index (χ0v) is 21.2. The van der Waals surface area contributed by atoms with Crippen LogP contribution in [-0.4, -0.2) is 36.3 Å². The summed E-state index contributed by atoms with van der Waals surface area (Å²) < 4.78 is 10.7. The fourth-order valence-corrected chi connectivity index (χ4v) is 2.88. The number of hydrogen-bond donors (Lipinski definition) is 2. The number of unbranched alkanes of at least 4 members (excludes halogenated alkanes) is 3. The predicted molar refractivity (Wildman–Crippen MR) is 128 cm³/mol. The topological polar surface area (TPSA) is 88.8 Å². The third kappa shape index (κ3) is 11.4. The molecular formula is C21H39IN4O3. The van der Waals surface area contributed by atoms with Crippen LogP contribution in [0, 0.1) is 0 Å². The third-order valence-electron chi connectivity index (χ3n) is 4.28. The molecule has 0 saturated heterocycles. The van der Waals surface area contributed by atoms with Gasteiger partial charge in [-0.15, -0.1) is 24.0 Å². The van der Waals surface area contributed by atoms with E-state index < -0.39 is 5.60 Å². The van der Waals surface area contributed by atoms with E-state index in [1.807, 2.05) is 20.8 Å². The van der Waals surface area contributed by atoms with Gasteiger partial charge in [-0.25, -0.2) is 0 Å². The lowest BCUT2D eigenvalue weighted by Crippen LogP contribution is -2.37. The van der Waals surface area contributed by atoms with Gasteiger partial charge in [-0.1, -0.05) is 31.8 Å². The fourth-order valence-electron chi connectivity index (χ4n) is 2.88. The van der Waals surface area contributed by atoms with Crippen molar-refractivity contribution >= 4 is 35.9 Å². The highest BCUT2D eigenvalue weighted by atomic mass is 127. The maximum absolute atomic E-state index is 11.7. The fraction of sp³-hybridized carbons (Fsp3) is 0.762. The van der Waals surface area contributed by atoms with E-state index in [-0.39, 0.29) is 29.9 Å². The summed E-state index contributed by atoms with van der Waals surface area (Å²) in [6, 6.07) is 0. The van der Waals surface area contributed by atoms with Gasteiger partial charge in [-0.05, 0) is 40.0 Å². The van der Waals surface area contributed by atoms with E-state index in [4.69, 9.17) is 9.26 Å². The van der Waals surface area contributed by atoms with Crippen LogP contribution in [0.15, 0.2) is 9.52 Å². The standard InChI is InChI=1S/C21H38N4O3.HI/c1-7-17-16(18(8-2)28-25-17)15-24-20(22-6)23-14-12-10-9-11-13-19(26)27-21(3,4)5;/h7-15H2,1-6H3,(H2,22,23,24);1H. The lowest BCUT2D eigenvalue weighted by molar-refractivity contribution is -0.154. The van der Waals surface area contributed by atoms with Crippen LogP contribution < -0.4 is 10.6 Å². The van der Waals surface area contributed by atoms with Crippen LogP contribution in [0.4, 0.5) is 0 Å². The molecule has 0 fully saturated rings. The summed E-state index contributed by atoms with van der Waals surface area (Å²) in [7, 11) is 1.77. The number of aliphatic imine (C=N–C) groups is 1. The quantitative estimate of drug-likeness (QED) is 0.148. The van der Waals surface area contributed by atoms with Crippen LogP contribution in [0.1, 0.15) is 83.7 Å². The molecule has 0 saturated carbocycles. The SMILES string of the molecule is CCc1noc(CC)c1CNC(=NC)NCCCCCCC(=O)OC(C)(C)C.I. The number of hydrogen-bond acceptors (Lipinski definition) is 5. The number of guanidine groups is 1. The Labute approximate surface area is 192 Å². The van der Waals surface area contributed by atoms with Crippen LogP contribution in [-0.2, 0) is 28.9 Å². The minimum atomic E-state index is -0.397. The second-order valence-corrected chi connectivity index (χ2v) is 7.84. The molecule has 0 spiro atoms. The zero-order chi connectivity index (χ0) is 21.0. The Hall–Kier alpha value is -1.32. The van der Waals surface area contributed by atoms with Gasteiger partial charge in [0.15, 0.2) is 5.96 Å². The van der Waals surface area contributed by atoms with E-state index in [0.29, 0.717) is 13.0 Å². The van der Waals surface area contributed by atoms with Gasteiger partial charge in [0.1, 0.15) is 11.4 Å². The highest BCUT2D eigenvalue weighted by Crippen LogP contribution is 2.15. The van der Waals surface area contributed by atoms with Gasteiger partial charge in [0, 0.05) is 38.5 Å². The molecule has 2 N–H and O–H groups in total. The van der Waals surface area contributed by atoms with E-state index >= 15 is 0 Å². The Bertz CT molecular complexity index is 602. The molecular weight excluding hydrogens is 483 g/mol. The molecule has 0 aliphatic heterocycles. The first-order valence-corrected chi connectivity index (χ1v) is 10.4. The number of carbonyl (C=O) groups is 1. The Kier molecular flexibility index (Phi) is 14.0. The molecule has 0 bridgehead atoms. The average molecular weight is 522 g/mol. The second kappa shape index (κ2) is 14.6. The lowest BCUT2D eigenvalue weighted by atomic mass is 10.1. The van der Waals surface area contributed by atoms with Crippen molar-refractivity contribution < 1.29 is 14.1 Å². The van der Waals surface area contributed by atoms with Crippen LogP contribution in [0.25, 0.3) is 0 Å². The molecule has 0 atom stereocenters. The molecule has 1 rings (SSSR count). The first-order valence-electron chi connectivity index (χ1n) is 10.4. The van der Waals surface area contributed by atoms with Crippen molar-refractivity contribution in [1.29, 1.82) is 0 Å². The van der Waals surface area contributed by atoms with Crippen LogP contribution in [0.5, 0.6) is 0 Å². The van der Waals surface area contributed by atoms with E-state index in [2.05, 4.69) is 34.6 Å². The van der Waals surface area contributed by atoms with Crippen molar-refractivity contribution in [2.45, 2.75) is 91.7 Å². The number of aromatic nitrogens is 1. The molecule has 0 radical (unpaired) electrons. The smallest absolute Gasteiger partial charge is 0.306 e. The number of nitrogens with one attached hydrogen (secondary N) is 2. The van der Waals surface area contributed by atoms with Gasteiger partial charge in [0.2, 0.25) is 0 Å². The van der Waals surface area contributed by atoms with Crippen LogP contribution in [0.2, 0.25) is 0 Å². The number of rotatable bonds is 11. The number of carbonyl (C=O) groups excluding carboxylic acids is 1. The zero-order valence-electron chi connectivity index (χ0n) is 18.9. The number of ether oxygens (including phenoxy) is 1. The molecule has 0 aromatic carbocycles. The summed E-state index contributed by atoms with van der Waals surface area (Å²) >= 11 is 0. The largest absolute Gasteiger partial charge is 0.460 e. The molecule has 1 aromatic rings. The maximum Gasteiger partial charge on any atom is 0.306 e. The van der Waals surface area contributed by atoms with E-state index in [0.717, 1.165) is 68.0 Å². The van der Waals surface area contributed by atoms with E-state index in [1.54, 1.807) is 7.05 Å². The van der Waals surface area contributed by atoms with Gasteiger partial charge in [0.25, 0.3) is 0 Å². The van der Waals surface area contributed by atoms with Crippen molar-refractivity contribution in [3.8, 4) is 0 Å². The summed E-state index contributed by atoms with van der Waals surface area (Å²) in [5.74, 6) is 1.60. The highest BCUT2D eigenvalue weighted by molar-refractivity contribution is 14.0. The summed E-state index contributed by atoms with van der Waals surface area (Å²) in [4.78, 5) is 15.9. The molecule has 0 aliphatic rings. The number of nitrogens with zero attached hydrogens (tertiary/aromatic N) is 2.